The van der Waals surface area contributed by atoms with Gasteiger partial charge in [0.1, 0.15) is 13.2 Å². The van der Waals surface area contributed by atoms with Gasteiger partial charge in [0.2, 0.25) is 0 Å². The van der Waals surface area contributed by atoms with Crippen molar-refractivity contribution in [1.29, 1.82) is 0 Å². The lowest BCUT2D eigenvalue weighted by atomic mass is 10.1. The molecular weight excluding hydrogens is 280 g/mol. The van der Waals surface area contributed by atoms with E-state index in [4.69, 9.17) is 14.2 Å². The van der Waals surface area contributed by atoms with Gasteiger partial charge in [-0.2, -0.15) is 0 Å². The van der Waals surface area contributed by atoms with E-state index in [-0.39, 0.29) is 0 Å². The number of ether oxygens (including phenoxy) is 3. The second-order valence-electron chi connectivity index (χ2n) is 3.65. The SMILES string of the molecule is BrC1COCC1c1scc2c1OCCO2. The van der Waals surface area contributed by atoms with E-state index in [0.717, 1.165) is 24.7 Å². The molecule has 0 N–H and O–H groups in total. The van der Waals surface area contributed by atoms with Gasteiger partial charge in [0, 0.05) is 16.1 Å². The van der Waals surface area contributed by atoms with Crippen molar-refractivity contribution >= 4 is 27.3 Å². The van der Waals surface area contributed by atoms with Crippen LogP contribution in [-0.2, 0) is 4.74 Å². The molecule has 2 aliphatic heterocycles. The van der Waals surface area contributed by atoms with E-state index >= 15 is 0 Å². The molecule has 0 radical (unpaired) electrons. The van der Waals surface area contributed by atoms with E-state index < -0.39 is 0 Å². The maximum atomic E-state index is 5.66. The van der Waals surface area contributed by atoms with Gasteiger partial charge in [-0.25, -0.2) is 0 Å². The molecule has 1 fully saturated rings. The summed E-state index contributed by atoms with van der Waals surface area (Å²) < 4.78 is 16.6. The van der Waals surface area contributed by atoms with E-state index in [1.165, 1.54) is 4.88 Å². The van der Waals surface area contributed by atoms with Crippen LogP contribution < -0.4 is 9.47 Å². The molecule has 0 spiro atoms. The Morgan fingerprint density at radius 3 is 2.93 bits per heavy atom. The summed E-state index contributed by atoms with van der Waals surface area (Å²) in [5, 5.41) is 2.03. The lowest BCUT2D eigenvalue weighted by Gasteiger charge is -2.18. The normalized spacial score (nSPS) is 29.4. The standard InChI is InChI=1S/C10H11BrO3S/c11-7-4-12-3-6(7)10-9-8(5-15-10)13-1-2-14-9/h5-7H,1-4H2. The van der Waals surface area contributed by atoms with Gasteiger partial charge in [0.25, 0.3) is 0 Å². The largest absolute Gasteiger partial charge is 0.485 e. The van der Waals surface area contributed by atoms with Gasteiger partial charge in [-0.15, -0.1) is 11.3 Å². The molecule has 2 atom stereocenters. The van der Waals surface area contributed by atoms with Crippen molar-refractivity contribution in [3.63, 3.8) is 0 Å². The molecule has 82 valence electrons. The van der Waals surface area contributed by atoms with Crippen LogP contribution in [0.4, 0.5) is 0 Å². The minimum Gasteiger partial charge on any atom is -0.485 e. The number of thiophene rings is 1. The average Bonchev–Trinajstić information content (AvgIpc) is 2.83. The van der Waals surface area contributed by atoms with E-state index in [1.807, 2.05) is 5.38 Å². The molecule has 0 bridgehead atoms. The van der Waals surface area contributed by atoms with Gasteiger partial charge in [-0.05, 0) is 0 Å². The molecule has 0 aliphatic carbocycles. The van der Waals surface area contributed by atoms with Gasteiger partial charge < -0.3 is 14.2 Å². The zero-order chi connectivity index (χ0) is 10.3. The molecule has 1 aromatic rings. The molecule has 0 aromatic carbocycles. The first-order valence-corrected chi connectivity index (χ1v) is 6.74. The molecule has 2 unspecified atom stereocenters. The maximum absolute atomic E-state index is 5.66. The highest BCUT2D eigenvalue weighted by Crippen LogP contribution is 2.46. The van der Waals surface area contributed by atoms with E-state index in [9.17, 15) is 0 Å². The molecule has 3 nitrogen and oxygen atoms in total. The zero-order valence-corrected chi connectivity index (χ0v) is 10.5. The number of hydrogen-bond acceptors (Lipinski definition) is 4. The molecule has 5 heteroatoms. The fourth-order valence-electron chi connectivity index (χ4n) is 1.91. The summed E-state index contributed by atoms with van der Waals surface area (Å²) in [4.78, 5) is 1.65. The van der Waals surface area contributed by atoms with Crippen molar-refractivity contribution < 1.29 is 14.2 Å². The van der Waals surface area contributed by atoms with Gasteiger partial charge in [-0.3, -0.25) is 0 Å². The summed E-state index contributed by atoms with van der Waals surface area (Å²) in [7, 11) is 0. The number of fused-ring (bicyclic) bond motifs is 1. The fourth-order valence-corrected chi connectivity index (χ4v) is 3.77. The molecule has 3 heterocycles. The summed E-state index contributed by atoms with van der Waals surface area (Å²) >= 11 is 5.35. The van der Waals surface area contributed by atoms with Gasteiger partial charge in [0.15, 0.2) is 11.5 Å². The molecule has 3 rings (SSSR count). The van der Waals surface area contributed by atoms with Crippen molar-refractivity contribution in [2.45, 2.75) is 10.7 Å². The van der Waals surface area contributed by atoms with Crippen LogP contribution in [-0.4, -0.2) is 31.3 Å². The Kier molecular flexibility index (Phi) is 2.62. The second kappa shape index (κ2) is 3.96. The first-order chi connectivity index (χ1) is 7.36. The van der Waals surface area contributed by atoms with Crippen LogP contribution in [0.25, 0.3) is 0 Å². The molecule has 1 aromatic heterocycles. The smallest absolute Gasteiger partial charge is 0.175 e. The maximum Gasteiger partial charge on any atom is 0.175 e. The number of alkyl halides is 1. The summed E-state index contributed by atoms with van der Waals surface area (Å²) in [5.41, 5.74) is 0. The highest BCUT2D eigenvalue weighted by Gasteiger charge is 2.33. The van der Waals surface area contributed by atoms with Crippen LogP contribution in [0, 0.1) is 0 Å². The average molecular weight is 291 g/mol. The molecular formula is C10H11BrO3S. The van der Waals surface area contributed by atoms with Crippen molar-refractivity contribution in [2.24, 2.45) is 0 Å². The van der Waals surface area contributed by atoms with Gasteiger partial charge in [-0.1, -0.05) is 15.9 Å². The Balaban J connectivity index is 1.94. The lowest BCUT2D eigenvalue weighted by Crippen LogP contribution is -2.16. The summed E-state index contributed by atoms with van der Waals surface area (Å²) in [6, 6.07) is 0. The second-order valence-corrected chi connectivity index (χ2v) is 5.74. The van der Waals surface area contributed by atoms with Crippen molar-refractivity contribution in [3.8, 4) is 11.5 Å². The molecule has 0 amide bonds. The van der Waals surface area contributed by atoms with E-state index in [0.29, 0.717) is 24.0 Å². The fraction of sp³-hybridized carbons (Fsp3) is 0.600. The Morgan fingerprint density at radius 1 is 1.27 bits per heavy atom. The Labute approximate surface area is 100 Å². The summed E-state index contributed by atoms with van der Waals surface area (Å²) in [6.45, 7) is 2.85. The van der Waals surface area contributed by atoms with Gasteiger partial charge in [0.05, 0.1) is 18.1 Å². The highest BCUT2D eigenvalue weighted by molar-refractivity contribution is 9.09. The molecule has 15 heavy (non-hydrogen) atoms. The minimum atomic E-state index is 0.394. The first kappa shape index (κ1) is 9.93. The van der Waals surface area contributed by atoms with Crippen LogP contribution in [0.3, 0.4) is 0 Å². The van der Waals surface area contributed by atoms with Gasteiger partial charge >= 0.3 is 0 Å². The minimum absolute atomic E-state index is 0.394. The zero-order valence-electron chi connectivity index (χ0n) is 8.07. The highest BCUT2D eigenvalue weighted by atomic mass is 79.9. The quantitative estimate of drug-likeness (QED) is 0.744. The molecule has 0 saturated carbocycles. The van der Waals surface area contributed by atoms with E-state index in [2.05, 4.69) is 15.9 Å². The Morgan fingerprint density at radius 2 is 2.13 bits per heavy atom. The van der Waals surface area contributed by atoms with Crippen LogP contribution in [0.5, 0.6) is 11.5 Å². The van der Waals surface area contributed by atoms with Crippen molar-refractivity contribution in [1.82, 2.24) is 0 Å². The van der Waals surface area contributed by atoms with Crippen LogP contribution in [0.15, 0.2) is 5.38 Å². The number of halogens is 1. The third-order valence-corrected chi connectivity index (χ3v) is 4.65. The molecule has 2 aliphatic rings. The van der Waals surface area contributed by atoms with Crippen LogP contribution >= 0.6 is 27.3 Å². The third-order valence-electron chi connectivity index (χ3n) is 2.68. The Hall–Kier alpha value is -0.260. The van der Waals surface area contributed by atoms with Crippen LogP contribution in [0.2, 0.25) is 0 Å². The number of rotatable bonds is 1. The third kappa shape index (κ3) is 1.66. The predicted octanol–water partition coefficient (Wildman–Crippen LogP) is 2.40. The topological polar surface area (TPSA) is 27.7 Å². The predicted molar refractivity (Wildman–Crippen MR) is 61.6 cm³/mol. The van der Waals surface area contributed by atoms with Crippen molar-refractivity contribution in [3.05, 3.63) is 10.3 Å². The monoisotopic (exact) mass is 290 g/mol. The molecule has 1 saturated heterocycles. The number of hydrogen-bond donors (Lipinski definition) is 0. The Bertz CT molecular complexity index is 366. The van der Waals surface area contributed by atoms with Crippen molar-refractivity contribution in [2.75, 3.05) is 26.4 Å². The first-order valence-electron chi connectivity index (χ1n) is 4.95. The lowest BCUT2D eigenvalue weighted by molar-refractivity contribution is 0.169. The van der Waals surface area contributed by atoms with E-state index in [1.54, 1.807) is 11.3 Å². The summed E-state index contributed by atoms with van der Waals surface area (Å²) in [6.07, 6.45) is 0. The van der Waals surface area contributed by atoms with Crippen LogP contribution in [0.1, 0.15) is 10.8 Å². The summed E-state index contributed by atoms with van der Waals surface area (Å²) in [5.74, 6) is 2.24.